The molecule has 0 bridgehead atoms. The molecule has 22 heavy (non-hydrogen) atoms. The zero-order chi connectivity index (χ0) is 15.8. The third-order valence-corrected chi connectivity index (χ3v) is 2.60. The molecular formula is C11H8ClF6NO3. The Morgan fingerprint density at radius 3 is 2.50 bits per heavy atom. The smallest absolute Gasteiger partial charge is 0.443 e. The van der Waals surface area contributed by atoms with Crippen molar-refractivity contribution < 1.29 is 40.6 Å². The number of hydrogen-bond donors (Lipinski definition) is 1. The van der Waals surface area contributed by atoms with Crippen molar-refractivity contribution in [1.82, 2.24) is 5.32 Å². The molecule has 1 fully saturated rings. The maximum absolute atomic E-state index is 13.6. The van der Waals surface area contributed by atoms with Crippen molar-refractivity contribution in [2.45, 2.75) is 18.3 Å². The van der Waals surface area contributed by atoms with Gasteiger partial charge in [0.15, 0.2) is 18.2 Å². The summed E-state index contributed by atoms with van der Waals surface area (Å²) in [6, 6.07) is -0.122. The Morgan fingerprint density at radius 2 is 1.95 bits per heavy atom. The molecule has 1 atom stereocenters. The van der Waals surface area contributed by atoms with Gasteiger partial charge >= 0.3 is 18.4 Å². The van der Waals surface area contributed by atoms with Crippen molar-refractivity contribution >= 4 is 18.5 Å². The summed E-state index contributed by atoms with van der Waals surface area (Å²) in [5.74, 6) is -6.18. The number of carbonyl (C=O) groups is 1. The third-order valence-electron chi connectivity index (χ3n) is 2.60. The van der Waals surface area contributed by atoms with Gasteiger partial charge in [-0.1, -0.05) is 6.07 Å². The van der Waals surface area contributed by atoms with E-state index in [9.17, 15) is 31.1 Å². The van der Waals surface area contributed by atoms with Crippen LogP contribution in [0.1, 0.15) is 11.6 Å². The minimum absolute atomic E-state index is 0. The molecule has 124 valence electrons. The number of halogens is 7. The highest BCUT2D eigenvalue weighted by Crippen LogP contribution is 2.36. The number of ether oxygens (including phenoxy) is 2. The molecule has 2 rings (SSSR count). The lowest BCUT2D eigenvalue weighted by Gasteiger charge is -2.31. The number of rotatable bonds is 2. The Kier molecular flexibility index (Phi) is 5.06. The first-order valence-electron chi connectivity index (χ1n) is 5.45. The number of nitrogens with one attached hydrogen (secondary N) is 1. The van der Waals surface area contributed by atoms with E-state index < -0.39 is 48.2 Å². The van der Waals surface area contributed by atoms with Crippen molar-refractivity contribution in [3.05, 3.63) is 29.6 Å². The lowest BCUT2D eigenvalue weighted by Crippen LogP contribution is -2.49. The van der Waals surface area contributed by atoms with E-state index in [1.54, 1.807) is 5.32 Å². The molecule has 0 aliphatic carbocycles. The minimum atomic E-state index is -5.11. The van der Waals surface area contributed by atoms with Crippen LogP contribution in [0.5, 0.6) is 5.75 Å². The van der Waals surface area contributed by atoms with Crippen molar-refractivity contribution in [1.29, 1.82) is 0 Å². The Morgan fingerprint density at radius 1 is 1.32 bits per heavy atom. The summed E-state index contributed by atoms with van der Waals surface area (Å²) < 4.78 is 84.0. The molecule has 0 radical (unpaired) electrons. The third kappa shape index (κ3) is 4.09. The molecule has 0 saturated carbocycles. The summed E-state index contributed by atoms with van der Waals surface area (Å²) in [7, 11) is 0. The normalized spacial score (nSPS) is 20.5. The first-order valence-corrected chi connectivity index (χ1v) is 5.45. The molecule has 1 aliphatic heterocycles. The molecule has 0 aromatic heterocycles. The van der Waals surface area contributed by atoms with Gasteiger partial charge in [0.05, 0.1) is 0 Å². The molecule has 1 N–H and O–H groups in total. The molecular weight excluding hydrogens is 344 g/mol. The second-order valence-electron chi connectivity index (χ2n) is 4.15. The van der Waals surface area contributed by atoms with Gasteiger partial charge in [-0.2, -0.15) is 0 Å². The maximum Gasteiger partial charge on any atom is 0.573 e. The minimum Gasteiger partial charge on any atom is -0.443 e. The van der Waals surface area contributed by atoms with Crippen LogP contribution in [0, 0.1) is 5.82 Å². The van der Waals surface area contributed by atoms with Gasteiger partial charge < -0.3 is 14.8 Å². The summed E-state index contributed by atoms with van der Waals surface area (Å²) in [6.07, 6.45) is -6.25. The molecule has 4 nitrogen and oxygen atoms in total. The second kappa shape index (κ2) is 6.11. The van der Waals surface area contributed by atoms with E-state index in [1.165, 1.54) is 0 Å². The zero-order valence-corrected chi connectivity index (χ0v) is 11.2. The summed E-state index contributed by atoms with van der Waals surface area (Å²) in [5, 5.41) is 1.78. The van der Waals surface area contributed by atoms with E-state index in [0.29, 0.717) is 12.1 Å². The lowest BCUT2D eigenvalue weighted by atomic mass is 10.00. The SMILES string of the molecule is Cl.O=C1N[C@@H](c2ccc(OC(F)(F)F)c(F)c2)C(F)(F)CO1. The van der Waals surface area contributed by atoms with E-state index in [4.69, 9.17) is 0 Å². The van der Waals surface area contributed by atoms with Crippen molar-refractivity contribution in [3.63, 3.8) is 0 Å². The van der Waals surface area contributed by atoms with Gasteiger partial charge in [-0.15, -0.1) is 25.6 Å². The maximum atomic E-state index is 13.6. The van der Waals surface area contributed by atoms with E-state index in [0.717, 1.165) is 6.07 Å². The van der Waals surface area contributed by atoms with Crippen LogP contribution in [0.4, 0.5) is 31.1 Å². The average molecular weight is 352 g/mol. The van der Waals surface area contributed by atoms with Crippen LogP contribution in [0.25, 0.3) is 0 Å². The highest BCUT2D eigenvalue weighted by atomic mass is 35.5. The van der Waals surface area contributed by atoms with Crippen LogP contribution in [-0.4, -0.2) is 25.0 Å². The Labute approximate surface area is 125 Å². The molecule has 1 aromatic rings. The topological polar surface area (TPSA) is 47.6 Å². The molecule has 0 unspecified atom stereocenters. The summed E-state index contributed by atoms with van der Waals surface area (Å²) in [4.78, 5) is 10.9. The van der Waals surface area contributed by atoms with Gasteiger partial charge in [0, 0.05) is 0 Å². The summed E-state index contributed by atoms with van der Waals surface area (Å²) >= 11 is 0. The predicted octanol–water partition coefficient (Wildman–Crippen LogP) is 3.56. The number of alkyl carbamates (subject to hydrolysis) is 1. The highest BCUT2D eigenvalue weighted by Gasteiger charge is 2.47. The predicted molar refractivity (Wildman–Crippen MR) is 62.5 cm³/mol. The van der Waals surface area contributed by atoms with E-state index >= 15 is 0 Å². The van der Waals surface area contributed by atoms with E-state index in [1.807, 2.05) is 0 Å². The van der Waals surface area contributed by atoms with E-state index in [-0.39, 0.29) is 12.4 Å². The van der Waals surface area contributed by atoms with Crippen LogP contribution in [0.15, 0.2) is 18.2 Å². The number of benzene rings is 1. The molecule has 0 spiro atoms. The Bertz CT molecular complexity index is 565. The Balaban J connectivity index is 0.00000242. The standard InChI is InChI=1S/C11H7F6NO3.ClH/c12-6-3-5(1-2-7(6)21-11(15,16)17)8-10(13,14)4-20-9(19)18-8;/h1-3,8H,4H2,(H,18,19);1H/t8-;/m0./s1. The van der Waals surface area contributed by atoms with Crippen molar-refractivity contribution in [2.24, 2.45) is 0 Å². The van der Waals surface area contributed by atoms with Crippen molar-refractivity contribution in [3.8, 4) is 5.75 Å². The number of carbonyl (C=O) groups excluding carboxylic acids is 1. The lowest BCUT2D eigenvalue weighted by molar-refractivity contribution is -0.275. The summed E-state index contributed by atoms with van der Waals surface area (Å²) in [6.45, 7) is -1.22. The van der Waals surface area contributed by atoms with Crippen molar-refractivity contribution in [2.75, 3.05) is 6.61 Å². The highest BCUT2D eigenvalue weighted by molar-refractivity contribution is 5.85. The largest absolute Gasteiger partial charge is 0.573 e. The Hall–Kier alpha value is -1.84. The summed E-state index contributed by atoms with van der Waals surface area (Å²) in [5.41, 5.74) is -0.413. The van der Waals surface area contributed by atoms with Crippen LogP contribution in [0.2, 0.25) is 0 Å². The molecule has 1 amide bonds. The second-order valence-corrected chi connectivity index (χ2v) is 4.15. The number of amides is 1. The van der Waals surface area contributed by atoms with Gasteiger partial charge in [-0.05, 0) is 17.7 Å². The van der Waals surface area contributed by atoms with Gasteiger partial charge in [0.2, 0.25) is 0 Å². The van der Waals surface area contributed by atoms with Crippen LogP contribution in [0.3, 0.4) is 0 Å². The molecule has 11 heteroatoms. The monoisotopic (exact) mass is 351 g/mol. The molecule has 1 aliphatic rings. The number of cyclic esters (lactones) is 1. The van der Waals surface area contributed by atoms with Gasteiger partial charge in [-0.3, -0.25) is 0 Å². The van der Waals surface area contributed by atoms with E-state index in [2.05, 4.69) is 9.47 Å². The van der Waals surface area contributed by atoms with Gasteiger partial charge in [0.1, 0.15) is 6.04 Å². The molecule has 1 heterocycles. The molecule has 1 aromatic carbocycles. The quantitative estimate of drug-likeness (QED) is 0.829. The number of hydrogen-bond acceptors (Lipinski definition) is 3. The van der Waals surface area contributed by atoms with Gasteiger partial charge in [-0.25, -0.2) is 18.0 Å². The molecule has 1 saturated heterocycles. The number of alkyl halides is 5. The van der Waals surface area contributed by atoms with Gasteiger partial charge in [0.25, 0.3) is 0 Å². The fraction of sp³-hybridized carbons (Fsp3) is 0.364. The van der Waals surface area contributed by atoms with Crippen LogP contribution < -0.4 is 10.1 Å². The fourth-order valence-corrected chi connectivity index (χ4v) is 1.74. The first kappa shape index (κ1) is 18.2. The first-order chi connectivity index (χ1) is 9.58. The average Bonchev–Trinajstić information content (AvgIpc) is 2.33. The fourth-order valence-electron chi connectivity index (χ4n) is 1.74. The zero-order valence-electron chi connectivity index (χ0n) is 10.4. The van der Waals surface area contributed by atoms with Crippen LogP contribution >= 0.6 is 12.4 Å². The van der Waals surface area contributed by atoms with Crippen LogP contribution in [-0.2, 0) is 4.74 Å².